The third kappa shape index (κ3) is 4.20. The number of hydrogen-bond donors (Lipinski definition) is 2. The molecule has 0 spiro atoms. The lowest BCUT2D eigenvalue weighted by Crippen LogP contribution is -2.23. The zero-order valence-electron chi connectivity index (χ0n) is 11.0. The minimum absolute atomic E-state index is 0. The van der Waals surface area contributed by atoms with Crippen LogP contribution in [0.4, 0.5) is 5.69 Å². The van der Waals surface area contributed by atoms with Gasteiger partial charge in [-0.3, -0.25) is 4.79 Å². The van der Waals surface area contributed by atoms with Crippen molar-refractivity contribution in [2.24, 2.45) is 11.7 Å². The van der Waals surface area contributed by atoms with Crippen molar-refractivity contribution in [3.63, 3.8) is 0 Å². The lowest BCUT2D eigenvalue weighted by Gasteiger charge is -2.14. The first-order chi connectivity index (χ1) is 8.60. The second-order valence-electron chi connectivity index (χ2n) is 4.91. The highest BCUT2D eigenvalue weighted by molar-refractivity contribution is 9.10. The number of nitrogens with two attached hydrogens (primary N) is 1. The van der Waals surface area contributed by atoms with Crippen LogP contribution in [-0.2, 0) is 11.2 Å². The molecule has 5 heteroatoms. The van der Waals surface area contributed by atoms with E-state index in [1.165, 1.54) is 0 Å². The van der Waals surface area contributed by atoms with Crippen LogP contribution in [0.5, 0.6) is 0 Å². The summed E-state index contributed by atoms with van der Waals surface area (Å²) in [6, 6.07) is 6.15. The molecule has 1 amide bonds. The van der Waals surface area contributed by atoms with Gasteiger partial charge in [0.1, 0.15) is 0 Å². The monoisotopic (exact) mass is 346 g/mol. The van der Waals surface area contributed by atoms with Crippen LogP contribution in [0.25, 0.3) is 0 Å². The molecule has 0 radical (unpaired) electrons. The molecule has 2 rings (SSSR count). The van der Waals surface area contributed by atoms with Crippen molar-refractivity contribution in [2.75, 3.05) is 5.32 Å². The molecule has 3 N–H and O–H groups in total. The fourth-order valence-corrected chi connectivity index (χ4v) is 2.87. The van der Waals surface area contributed by atoms with Crippen LogP contribution in [0.3, 0.4) is 0 Å². The smallest absolute Gasteiger partial charge is 0.227 e. The Balaban J connectivity index is 0.00000180. The van der Waals surface area contributed by atoms with Crippen molar-refractivity contribution in [1.29, 1.82) is 0 Å². The summed E-state index contributed by atoms with van der Waals surface area (Å²) in [5, 5.41) is 3.04. The van der Waals surface area contributed by atoms with E-state index in [0.717, 1.165) is 41.4 Å². The van der Waals surface area contributed by atoms with E-state index in [1.807, 2.05) is 12.1 Å². The molecule has 1 fully saturated rings. The third-order valence-corrected chi connectivity index (χ3v) is 4.04. The molecule has 0 aliphatic heterocycles. The molecule has 0 saturated heterocycles. The number of carbonyl (C=O) groups is 1. The molecular weight excluding hydrogens is 328 g/mol. The van der Waals surface area contributed by atoms with Gasteiger partial charge in [0, 0.05) is 22.1 Å². The highest BCUT2D eigenvalue weighted by Gasteiger charge is 2.27. The molecule has 1 saturated carbocycles. The summed E-state index contributed by atoms with van der Waals surface area (Å²) < 4.78 is 1.04. The van der Waals surface area contributed by atoms with E-state index in [0.29, 0.717) is 0 Å². The summed E-state index contributed by atoms with van der Waals surface area (Å²) in [5.41, 5.74) is 7.92. The molecule has 0 heterocycles. The second kappa shape index (κ2) is 7.27. The Morgan fingerprint density at radius 1 is 1.47 bits per heavy atom. The molecule has 2 atom stereocenters. The van der Waals surface area contributed by atoms with Crippen molar-refractivity contribution in [2.45, 2.75) is 38.6 Å². The Labute approximate surface area is 128 Å². The van der Waals surface area contributed by atoms with Crippen molar-refractivity contribution in [1.82, 2.24) is 0 Å². The lowest BCUT2D eigenvalue weighted by atomic mass is 10.1. The van der Waals surface area contributed by atoms with E-state index in [-0.39, 0.29) is 30.3 Å². The van der Waals surface area contributed by atoms with E-state index in [4.69, 9.17) is 5.73 Å². The first-order valence-electron chi connectivity index (χ1n) is 6.45. The average molecular weight is 348 g/mol. The maximum atomic E-state index is 12.1. The number of hydrogen-bond acceptors (Lipinski definition) is 2. The molecule has 1 aliphatic rings. The molecular formula is C14H20BrClN2O. The van der Waals surface area contributed by atoms with Crippen LogP contribution in [0.15, 0.2) is 22.7 Å². The van der Waals surface area contributed by atoms with Crippen molar-refractivity contribution >= 4 is 39.9 Å². The minimum atomic E-state index is 0. The van der Waals surface area contributed by atoms with Crippen molar-refractivity contribution in [3.05, 3.63) is 28.2 Å². The fourth-order valence-electron chi connectivity index (χ4n) is 2.47. The molecule has 1 aliphatic carbocycles. The van der Waals surface area contributed by atoms with Gasteiger partial charge in [0.25, 0.3) is 0 Å². The number of benzene rings is 1. The Hall–Kier alpha value is -0.580. The Morgan fingerprint density at radius 2 is 2.21 bits per heavy atom. The van der Waals surface area contributed by atoms with Crippen molar-refractivity contribution < 1.29 is 4.79 Å². The topological polar surface area (TPSA) is 55.1 Å². The number of amides is 1. The molecule has 0 bridgehead atoms. The van der Waals surface area contributed by atoms with Gasteiger partial charge in [-0.2, -0.15) is 0 Å². The highest BCUT2D eigenvalue weighted by Crippen LogP contribution is 2.27. The van der Waals surface area contributed by atoms with Crippen LogP contribution in [0.1, 0.15) is 31.7 Å². The summed E-state index contributed by atoms with van der Waals surface area (Å²) in [5.74, 6) is 0.188. The largest absolute Gasteiger partial charge is 0.328 e. The summed E-state index contributed by atoms with van der Waals surface area (Å²) >= 11 is 3.45. The summed E-state index contributed by atoms with van der Waals surface area (Å²) in [6.07, 6.45) is 3.58. The zero-order valence-corrected chi connectivity index (χ0v) is 13.4. The fraction of sp³-hybridized carbons (Fsp3) is 0.500. The first-order valence-corrected chi connectivity index (χ1v) is 7.24. The highest BCUT2D eigenvalue weighted by atomic mass is 79.9. The van der Waals surface area contributed by atoms with Gasteiger partial charge in [-0.1, -0.05) is 22.9 Å². The number of aryl methyl sites for hydroxylation is 1. The maximum Gasteiger partial charge on any atom is 0.227 e. The summed E-state index contributed by atoms with van der Waals surface area (Å²) in [6.45, 7) is 2.09. The van der Waals surface area contributed by atoms with Crippen LogP contribution in [-0.4, -0.2) is 11.9 Å². The quantitative estimate of drug-likeness (QED) is 0.879. The van der Waals surface area contributed by atoms with Gasteiger partial charge in [-0.25, -0.2) is 0 Å². The van der Waals surface area contributed by atoms with Crippen molar-refractivity contribution in [3.8, 4) is 0 Å². The van der Waals surface area contributed by atoms with Gasteiger partial charge >= 0.3 is 0 Å². The second-order valence-corrected chi connectivity index (χ2v) is 5.83. The standard InChI is InChI=1S/C14H19BrN2O.ClH/c1-2-9-7-11(15)4-6-13(9)17-14(18)10-3-5-12(16)8-10;/h4,6-7,10,12H,2-3,5,8,16H2,1H3,(H,17,18);1H. The van der Waals surface area contributed by atoms with Gasteiger partial charge in [0.2, 0.25) is 5.91 Å². The van der Waals surface area contributed by atoms with Crippen LogP contribution in [0, 0.1) is 5.92 Å². The first kappa shape index (κ1) is 16.5. The molecule has 0 aromatic heterocycles. The van der Waals surface area contributed by atoms with E-state index in [1.54, 1.807) is 0 Å². The average Bonchev–Trinajstić information content (AvgIpc) is 2.78. The number of halogens is 2. The Kier molecular flexibility index (Phi) is 6.30. The van der Waals surface area contributed by atoms with Gasteiger partial charge < -0.3 is 11.1 Å². The van der Waals surface area contributed by atoms with E-state index >= 15 is 0 Å². The van der Waals surface area contributed by atoms with Gasteiger partial charge in [-0.15, -0.1) is 12.4 Å². The minimum Gasteiger partial charge on any atom is -0.328 e. The number of anilines is 1. The van der Waals surface area contributed by atoms with Crippen LogP contribution in [0.2, 0.25) is 0 Å². The molecule has 3 nitrogen and oxygen atoms in total. The summed E-state index contributed by atoms with van der Waals surface area (Å²) in [7, 11) is 0. The predicted molar refractivity (Wildman–Crippen MR) is 84.7 cm³/mol. The van der Waals surface area contributed by atoms with Gasteiger partial charge in [0.15, 0.2) is 0 Å². The van der Waals surface area contributed by atoms with Gasteiger partial charge in [-0.05, 0) is 49.4 Å². The van der Waals surface area contributed by atoms with Crippen LogP contribution >= 0.6 is 28.3 Å². The normalized spacial score (nSPS) is 21.8. The molecule has 106 valence electrons. The SMILES string of the molecule is CCc1cc(Br)ccc1NC(=O)C1CCC(N)C1.Cl. The molecule has 1 aromatic rings. The number of carbonyl (C=O) groups excluding carboxylic acids is 1. The Bertz CT molecular complexity index is 453. The van der Waals surface area contributed by atoms with E-state index < -0.39 is 0 Å². The predicted octanol–water partition coefficient (Wildman–Crippen LogP) is 3.50. The molecule has 1 aromatic carbocycles. The Morgan fingerprint density at radius 3 is 2.79 bits per heavy atom. The van der Waals surface area contributed by atoms with E-state index in [2.05, 4.69) is 34.2 Å². The van der Waals surface area contributed by atoms with Gasteiger partial charge in [0.05, 0.1) is 0 Å². The third-order valence-electron chi connectivity index (χ3n) is 3.55. The molecule has 19 heavy (non-hydrogen) atoms. The number of nitrogens with one attached hydrogen (secondary N) is 1. The lowest BCUT2D eigenvalue weighted by molar-refractivity contribution is -0.119. The number of rotatable bonds is 3. The maximum absolute atomic E-state index is 12.1. The van der Waals surface area contributed by atoms with Crippen LogP contribution < -0.4 is 11.1 Å². The summed E-state index contributed by atoms with van der Waals surface area (Å²) in [4.78, 5) is 12.1. The van der Waals surface area contributed by atoms with E-state index in [9.17, 15) is 4.79 Å². The zero-order chi connectivity index (χ0) is 13.1. The molecule has 2 unspecified atom stereocenters.